The van der Waals surface area contributed by atoms with Gasteiger partial charge in [-0.25, -0.2) is 0 Å². The molecule has 0 spiro atoms. The number of furan rings is 1. The van der Waals surface area contributed by atoms with Gasteiger partial charge in [0.25, 0.3) is 0 Å². The standard InChI is InChI=1S/C27H35N5O3S2/c1-20-12-13-21(28-19-20)14-17-36-31-15-18-37(3,4,5,6)35-23-10-7-9-22(33-2)25(23)32-26(29-30-27(31)32)24-11-8-16-34-24/h7-13,16,19H,14-15,17-18H2,1-6H3. The van der Waals surface area contributed by atoms with E-state index < -0.39 is 8.58 Å². The van der Waals surface area contributed by atoms with Gasteiger partial charge >= 0.3 is 0 Å². The molecule has 1 aliphatic heterocycles. The zero-order valence-corrected chi connectivity index (χ0v) is 23.9. The van der Waals surface area contributed by atoms with Crippen LogP contribution in [0.15, 0.2) is 59.3 Å². The van der Waals surface area contributed by atoms with E-state index in [-0.39, 0.29) is 0 Å². The van der Waals surface area contributed by atoms with Crippen molar-refractivity contribution in [1.29, 1.82) is 0 Å². The van der Waals surface area contributed by atoms with E-state index in [1.165, 1.54) is 0 Å². The summed E-state index contributed by atoms with van der Waals surface area (Å²) >= 11 is 1.73. The van der Waals surface area contributed by atoms with Crippen molar-refractivity contribution < 1.29 is 13.3 Å². The molecule has 0 saturated heterocycles. The summed E-state index contributed by atoms with van der Waals surface area (Å²) in [5.41, 5.74) is 3.00. The van der Waals surface area contributed by atoms with Crippen molar-refractivity contribution in [1.82, 2.24) is 19.7 Å². The van der Waals surface area contributed by atoms with Crippen LogP contribution >= 0.6 is 20.5 Å². The lowest BCUT2D eigenvalue weighted by Crippen LogP contribution is -2.43. The lowest BCUT2D eigenvalue weighted by molar-refractivity contribution is 0.410. The summed E-state index contributed by atoms with van der Waals surface area (Å²) in [6, 6.07) is 13.8. The van der Waals surface area contributed by atoms with Gasteiger partial charge in [-0.15, -0.1) is 10.2 Å². The molecule has 4 heterocycles. The smallest absolute Gasteiger partial charge is 0.242 e. The van der Waals surface area contributed by atoms with Gasteiger partial charge < -0.3 is 13.3 Å². The zero-order chi connectivity index (χ0) is 26.3. The first kappa shape index (κ1) is 25.5. The number of para-hydroxylation sites is 1. The van der Waals surface area contributed by atoms with Crippen LogP contribution in [-0.2, 0) is 6.42 Å². The molecule has 0 amide bonds. The predicted octanol–water partition coefficient (Wildman–Crippen LogP) is 5.64. The van der Waals surface area contributed by atoms with Crippen LogP contribution in [-0.4, -0.2) is 69.9 Å². The molecule has 10 heteroatoms. The molecule has 0 N–H and O–H groups in total. The van der Waals surface area contributed by atoms with E-state index in [4.69, 9.17) is 13.3 Å². The molecule has 4 aromatic rings. The minimum atomic E-state index is -2.99. The Labute approximate surface area is 222 Å². The van der Waals surface area contributed by atoms with Gasteiger partial charge in [0.1, 0.15) is 11.4 Å². The molecular formula is C27H35N5O3S2. The molecule has 8 nitrogen and oxygen atoms in total. The lowest BCUT2D eigenvalue weighted by atomic mass is 10.2. The fourth-order valence-corrected chi connectivity index (χ4v) is 7.38. The third-order valence-electron chi connectivity index (χ3n) is 6.27. The van der Waals surface area contributed by atoms with Crippen molar-refractivity contribution in [2.45, 2.75) is 13.3 Å². The van der Waals surface area contributed by atoms with Gasteiger partial charge in [-0.2, -0.15) is 8.58 Å². The Bertz CT molecular complexity index is 1410. The molecule has 0 saturated carbocycles. The Morgan fingerprint density at radius 1 is 1.05 bits per heavy atom. The molecule has 37 heavy (non-hydrogen) atoms. The number of rotatable bonds is 6. The number of hydrogen-bond donors (Lipinski definition) is 0. The monoisotopic (exact) mass is 541 g/mol. The van der Waals surface area contributed by atoms with Crippen molar-refractivity contribution >= 4 is 26.5 Å². The van der Waals surface area contributed by atoms with E-state index in [0.29, 0.717) is 23.3 Å². The summed E-state index contributed by atoms with van der Waals surface area (Å²) in [6.07, 6.45) is 13.5. The van der Waals surface area contributed by atoms with Gasteiger partial charge in [0.2, 0.25) is 11.8 Å². The largest absolute Gasteiger partial charge is 0.494 e. The molecule has 198 valence electrons. The van der Waals surface area contributed by atoms with Crippen LogP contribution in [0.5, 0.6) is 11.5 Å². The number of nitrogens with zero attached hydrogens (tertiary/aromatic N) is 5. The first-order valence-corrected chi connectivity index (χ1v) is 17.3. The third-order valence-corrected chi connectivity index (χ3v) is 10.3. The number of aryl methyl sites for hydroxylation is 2. The molecular weight excluding hydrogens is 506 g/mol. The third kappa shape index (κ3) is 5.45. The van der Waals surface area contributed by atoms with Crippen LogP contribution in [0.1, 0.15) is 11.3 Å². The Balaban J connectivity index is 1.64. The normalized spacial score (nSPS) is 19.4. The van der Waals surface area contributed by atoms with E-state index in [0.717, 1.165) is 47.2 Å². The van der Waals surface area contributed by atoms with E-state index in [2.05, 4.69) is 63.6 Å². The first-order valence-electron chi connectivity index (χ1n) is 12.2. The minimum absolute atomic E-state index is 0.592. The van der Waals surface area contributed by atoms with Crippen LogP contribution < -0.4 is 13.2 Å². The van der Waals surface area contributed by atoms with Crippen molar-refractivity contribution in [3.05, 3.63) is 66.2 Å². The molecule has 0 fully saturated rings. The van der Waals surface area contributed by atoms with Crippen LogP contribution in [0, 0.1) is 6.92 Å². The summed E-state index contributed by atoms with van der Waals surface area (Å²) in [5, 5.41) is 9.26. The summed E-state index contributed by atoms with van der Waals surface area (Å²) < 4.78 is 22.9. The molecule has 0 unspecified atom stereocenters. The highest BCUT2D eigenvalue weighted by atomic mass is 32.4. The number of aromatic nitrogens is 4. The average molecular weight is 542 g/mol. The predicted molar refractivity (Wildman–Crippen MR) is 155 cm³/mol. The second-order valence-corrected chi connectivity index (χ2v) is 22.1. The van der Waals surface area contributed by atoms with E-state index in [9.17, 15) is 0 Å². The summed E-state index contributed by atoms with van der Waals surface area (Å²) in [5.74, 6) is 5.02. The maximum absolute atomic E-state index is 7.04. The Kier molecular flexibility index (Phi) is 6.03. The molecule has 0 atom stereocenters. The van der Waals surface area contributed by atoms with Gasteiger partial charge in [-0.05, 0) is 79.8 Å². The van der Waals surface area contributed by atoms with E-state index in [1.807, 2.05) is 41.1 Å². The van der Waals surface area contributed by atoms with Gasteiger partial charge in [0.15, 0.2) is 11.5 Å². The molecule has 0 radical (unpaired) electrons. The number of anilines is 1. The van der Waals surface area contributed by atoms with Gasteiger partial charge in [0, 0.05) is 36.4 Å². The topological polar surface area (TPSA) is 78.4 Å². The van der Waals surface area contributed by atoms with Crippen molar-refractivity contribution in [2.75, 3.05) is 54.5 Å². The molecule has 1 aliphatic rings. The minimum Gasteiger partial charge on any atom is -0.494 e. The molecule has 0 bridgehead atoms. The Morgan fingerprint density at radius 2 is 1.89 bits per heavy atom. The van der Waals surface area contributed by atoms with E-state index >= 15 is 0 Å². The van der Waals surface area contributed by atoms with Crippen LogP contribution in [0.4, 0.5) is 5.95 Å². The highest BCUT2D eigenvalue weighted by molar-refractivity contribution is 8.59. The van der Waals surface area contributed by atoms with Crippen molar-refractivity contribution in [3.63, 3.8) is 0 Å². The van der Waals surface area contributed by atoms with Gasteiger partial charge in [-0.1, -0.05) is 12.1 Å². The molecule has 5 rings (SSSR count). The number of hydrogen-bond acceptors (Lipinski definition) is 8. The molecule has 1 aromatic carbocycles. The lowest BCUT2D eigenvalue weighted by Gasteiger charge is -2.69. The number of fused-ring (bicyclic) bond motifs is 3. The average Bonchev–Trinajstić information content (AvgIpc) is 3.51. The van der Waals surface area contributed by atoms with Crippen LogP contribution in [0.25, 0.3) is 17.3 Å². The zero-order valence-electron chi connectivity index (χ0n) is 22.3. The summed E-state index contributed by atoms with van der Waals surface area (Å²) in [6.45, 7) is 2.79. The van der Waals surface area contributed by atoms with E-state index in [1.54, 1.807) is 25.3 Å². The SMILES string of the molecule is COc1cccc2c1-n1c(-c3ccco3)nnc1N(SCCc1ccc(C)cn1)CCS(C)(C)(C)(C)O2. The number of ether oxygens (including phenoxy) is 1. The number of pyridine rings is 1. The quantitative estimate of drug-likeness (QED) is 0.290. The molecule has 0 aliphatic carbocycles. The van der Waals surface area contributed by atoms with Gasteiger partial charge in [-0.3, -0.25) is 13.9 Å². The fraction of sp³-hybridized carbons (Fsp3) is 0.370. The maximum Gasteiger partial charge on any atom is 0.242 e. The first-order chi connectivity index (χ1) is 17.5. The summed E-state index contributed by atoms with van der Waals surface area (Å²) in [4.78, 5) is 4.58. The highest BCUT2D eigenvalue weighted by Gasteiger charge is 2.46. The second kappa shape index (κ2) is 8.73. The van der Waals surface area contributed by atoms with Crippen molar-refractivity contribution in [2.24, 2.45) is 0 Å². The maximum atomic E-state index is 7.04. The fourth-order valence-electron chi connectivity index (χ4n) is 4.24. The van der Waals surface area contributed by atoms with Crippen molar-refractivity contribution in [3.8, 4) is 28.8 Å². The highest BCUT2D eigenvalue weighted by Crippen LogP contribution is 2.78. The number of benzene rings is 1. The second-order valence-electron chi connectivity index (χ2n) is 11.6. The van der Waals surface area contributed by atoms with Crippen LogP contribution in [0.3, 0.4) is 0 Å². The molecule has 3 aromatic heterocycles. The Hall–Kier alpha value is -3.11. The Morgan fingerprint density at radius 3 is 2.59 bits per heavy atom. The van der Waals surface area contributed by atoms with Gasteiger partial charge in [0.05, 0.1) is 13.4 Å². The number of methoxy groups -OCH3 is 1. The van der Waals surface area contributed by atoms with Crippen LogP contribution in [0.2, 0.25) is 0 Å². The summed E-state index contributed by atoms with van der Waals surface area (Å²) in [7, 11) is -1.32.